The van der Waals surface area contributed by atoms with Gasteiger partial charge in [0.1, 0.15) is 0 Å². The zero-order valence-corrected chi connectivity index (χ0v) is 10.6. The van der Waals surface area contributed by atoms with Crippen molar-refractivity contribution in [1.29, 1.82) is 0 Å². The van der Waals surface area contributed by atoms with Gasteiger partial charge in [-0.25, -0.2) is 4.79 Å². The van der Waals surface area contributed by atoms with E-state index in [1.54, 1.807) is 6.07 Å². The Balaban J connectivity index is 1.86. The van der Waals surface area contributed by atoms with Crippen molar-refractivity contribution < 1.29 is 28.6 Å². The lowest BCUT2D eigenvalue weighted by atomic mass is 10.2. The lowest BCUT2D eigenvalue weighted by Crippen LogP contribution is -2.42. The monoisotopic (exact) mass is 280 g/mol. The van der Waals surface area contributed by atoms with Crippen LogP contribution in [0.15, 0.2) is 18.2 Å². The molecule has 0 aliphatic carbocycles. The van der Waals surface area contributed by atoms with Crippen molar-refractivity contribution in [3.8, 4) is 11.5 Å². The molecule has 20 heavy (non-hydrogen) atoms. The first-order valence-corrected chi connectivity index (χ1v) is 5.68. The van der Waals surface area contributed by atoms with Gasteiger partial charge in [-0.1, -0.05) is 0 Å². The minimum absolute atomic E-state index is 0.104. The molecule has 2 rings (SSSR count). The number of carbonyl (C=O) groups excluding carboxylic acids is 3. The van der Waals surface area contributed by atoms with Gasteiger partial charge in [-0.3, -0.25) is 20.4 Å². The number of hydrazine groups is 1. The Morgan fingerprint density at radius 1 is 1.20 bits per heavy atom. The molecule has 0 radical (unpaired) electrons. The van der Waals surface area contributed by atoms with Gasteiger partial charge in [0, 0.05) is 6.92 Å². The normalized spacial score (nSPS) is 11.7. The summed E-state index contributed by atoms with van der Waals surface area (Å²) >= 11 is 0. The summed E-state index contributed by atoms with van der Waals surface area (Å²) in [6.45, 7) is 0.833. The summed E-state index contributed by atoms with van der Waals surface area (Å²) in [5.74, 6) is -0.761. The Morgan fingerprint density at radius 3 is 2.70 bits per heavy atom. The van der Waals surface area contributed by atoms with E-state index in [1.807, 2.05) is 0 Å². The second-order valence-electron chi connectivity index (χ2n) is 3.87. The first-order chi connectivity index (χ1) is 9.56. The van der Waals surface area contributed by atoms with Gasteiger partial charge < -0.3 is 14.2 Å². The van der Waals surface area contributed by atoms with Crippen LogP contribution in [0.3, 0.4) is 0 Å². The van der Waals surface area contributed by atoms with E-state index in [2.05, 4.69) is 10.9 Å². The van der Waals surface area contributed by atoms with Gasteiger partial charge in [0.25, 0.3) is 5.91 Å². The summed E-state index contributed by atoms with van der Waals surface area (Å²) in [6, 6.07) is 4.55. The molecule has 8 nitrogen and oxygen atoms in total. The van der Waals surface area contributed by atoms with E-state index in [1.165, 1.54) is 19.1 Å². The van der Waals surface area contributed by atoms with E-state index in [0.29, 0.717) is 11.5 Å². The second-order valence-corrected chi connectivity index (χ2v) is 3.87. The molecule has 1 aromatic carbocycles. The number of hydrogen-bond acceptors (Lipinski definition) is 6. The Morgan fingerprint density at radius 2 is 1.95 bits per heavy atom. The van der Waals surface area contributed by atoms with Crippen LogP contribution in [0.1, 0.15) is 17.3 Å². The van der Waals surface area contributed by atoms with Crippen molar-refractivity contribution >= 4 is 17.8 Å². The standard InChI is InChI=1S/C12H12N2O6/c1-7(15)13-14-11(16)5-18-12(17)8-2-3-9-10(4-8)20-6-19-9/h2-4H,5-6H2,1H3,(H,13,15)(H,14,16). The molecule has 0 spiro atoms. The van der Waals surface area contributed by atoms with Crippen LogP contribution in [0.5, 0.6) is 11.5 Å². The molecule has 0 aromatic heterocycles. The van der Waals surface area contributed by atoms with Crippen LogP contribution in [0.4, 0.5) is 0 Å². The molecule has 1 aliphatic rings. The molecule has 0 saturated heterocycles. The molecule has 0 unspecified atom stereocenters. The maximum atomic E-state index is 11.7. The fraction of sp³-hybridized carbons (Fsp3) is 0.250. The van der Waals surface area contributed by atoms with Crippen molar-refractivity contribution in [3.63, 3.8) is 0 Å². The van der Waals surface area contributed by atoms with E-state index >= 15 is 0 Å². The number of esters is 1. The molecular weight excluding hydrogens is 268 g/mol. The van der Waals surface area contributed by atoms with E-state index < -0.39 is 24.4 Å². The molecular formula is C12H12N2O6. The Kier molecular flexibility index (Phi) is 4.04. The van der Waals surface area contributed by atoms with Crippen LogP contribution >= 0.6 is 0 Å². The number of nitrogens with one attached hydrogen (secondary N) is 2. The van der Waals surface area contributed by atoms with Crippen LogP contribution < -0.4 is 20.3 Å². The minimum Gasteiger partial charge on any atom is -0.454 e. The zero-order chi connectivity index (χ0) is 14.5. The highest BCUT2D eigenvalue weighted by Gasteiger charge is 2.17. The van der Waals surface area contributed by atoms with Crippen LogP contribution in [0.25, 0.3) is 0 Å². The molecule has 106 valence electrons. The molecule has 0 atom stereocenters. The third kappa shape index (κ3) is 3.37. The summed E-state index contributed by atoms with van der Waals surface area (Å²) in [5.41, 5.74) is 4.38. The summed E-state index contributed by atoms with van der Waals surface area (Å²) in [7, 11) is 0. The number of hydrogen-bond donors (Lipinski definition) is 2. The average molecular weight is 280 g/mol. The van der Waals surface area contributed by atoms with Crippen LogP contribution in [0.2, 0.25) is 0 Å². The maximum Gasteiger partial charge on any atom is 0.338 e. The summed E-state index contributed by atoms with van der Waals surface area (Å²) in [6.07, 6.45) is 0. The third-order valence-electron chi connectivity index (χ3n) is 2.32. The second kappa shape index (κ2) is 5.91. The largest absolute Gasteiger partial charge is 0.454 e. The van der Waals surface area contributed by atoms with Crippen molar-refractivity contribution in [3.05, 3.63) is 23.8 Å². The highest BCUT2D eigenvalue weighted by molar-refractivity contribution is 5.92. The molecule has 8 heteroatoms. The van der Waals surface area contributed by atoms with Gasteiger partial charge in [-0.05, 0) is 18.2 Å². The van der Waals surface area contributed by atoms with Crippen molar-refractivity contribution in [1.82, 2.24) is 10.9 Å². The van der Waals surface area contributed by atoms with Gasteiger partial charge >= 0.3 is 5.97 Å². The molecule has 0 saturated carbocycles. The van der Waals surface area contributed by atoms with Crippen LogP contribution in [-0.2, 0) is 14.3 Å². The lowest BCUT2D eigenvalue weighted by Gasteiger charge is -2.06. The summed E-state index contributed by atoms with van der Waals surface area (Å²) in [5, 5.41) is 0. The van der Waals surface area contributed by atoms with E-state index in [9.17, 15) is 14.4 Å². The number of benzene rings is 1. The highest BCUT2D eigenvalue weighted by Crippen LogP contribution is 2.32. The third-order valence-corrected chi connectivity index (χ3v) is 2.32. The molecule has 0 fully saturated rings. The molecule has 1 aliphatic heterocycles. The fourth-order valence-corrected chi connectivity index (χ4v) is 1.43. The summed E-state index contributed by atoms with van der Waals surface area (Å²) < 4.78 is 15.0. The van der Waals surface area contributed by atoms with Gasteiger partial charge in [-0.2, -0.15) is 0 Å². The first kappa shape index (κ1) is 13.7. The van der Waals surface area contributed by atoms with E-state index in [4.69, 9.17) is 14.2 Å². The van der Waals surface area contributed by atoms with E-state index in [0.717, 1.165) is 0 Å². The van der Waals surface area contributed by atoms with Crippen molar-refractivity contribution in [2.24, 2.45) is 0 Å². The number of carbonyl (C=O) groups is 3. The SMILES string of the molecule is CC(=O)NNC(=O)COC(=O)c1ccc2c(c1)OCO2. The first-order valence-electron chi connectivity index (χ1n) is 5.68. The minimum atomic E-state index is -0.679. The maximum absolute atomic E-state index is 11.7. The number of fused-ring (bicyclic) bond motifs is 1. The van der Waals surface area contributed by atoms with Gasteiger partial charge in [-0.15, -0.1) is 0 Å². The molecule has 1 aromatic rings. The molecule has 2 N–H and O–H groups in total. The Hall–Kier alpha value is -2.77. The predicted molar refractivity (Wildman–Crippen MR) is 64.8 cm³/mol. The van der Waals surface area contributed by atoms with Gasteiger partial charge in [0.2, 0.25) is 12.7 Å². The smallest absolute Gasteiger partial charge is 0.338 e. The molecule has 1 heterocycles. The van der Waals surface area contributed by atoms with Gasteiger partial charge in [0.05, 0.1) is 5.56 Å². The van der Waals surface area contributed by atoms with Crippen molar-refractivity contribution in [2.45, 2.75) is 6.92 Å². The average Bonchev–Trinajstić information content (AvgIpc) is 2.89. The highest BCUT2D eigenvalue weighted by atomic mass is 16.7. The quantitative estimate of drug-likeness (QED) is 0.584. The molecule has 2 amide bonds. The number of ether oxygens (including phenoxy) is 3. The fourth-order valence-electron chi connectivity index (χ4n) is 1.43. The Bertz CT molecular complexity index is 557. The predicted octanol–water partition coefficient (Wildman–Crippen LogP) is -0.261. The Labute approximate surface area is 114 Å². The van der Waals surface area contributed by atoms with Crippen LogP contribution in [0, 0.1) is 0 Å². The number of amides is 2. The van der Waals surface area contributed by atoms with Gasteiger partial charge in [0.15, 0.2) is 18.1 Å². The number of rotatable bonds is 3. The van der Waals surface area contributed by atoms with Crippen LogP contribution in [-0.4, -0.2) is 31.2 Å². The topological polar surface area (TPSA) is 103 Å². The van der Waals surface area contributed by atoms with E-state index in [-0.39, 0.29) is 12.4 Å². The lowest BCUT2D eigenvalue weighted by molar-refractivity contribution is -0.129. The summed E-state index contributed by atoms with van der Waals surface area (Å²) in [4.78, 5) is 33.5. The zero-order valence-electron chi connectivity index (χ0n) is 10.6. The molecule has 0 bridgehead atoms. The van der Waals surface area contributed by atoms with Crippen molar-refractivity contribution in [2.75, 3.05) is 13.4 Å².